The summed E-state index contributed by atoms with van der Waals surface area (Å²) in [5.41, 5.74) is 0. The summed E-state index contributed by atoms with van der Waals surface area (Å²) in [6.45, 7) is 6.37. The van der Waals surface area contributed by atoms with E-state index in [-0.39, 0.29) is 31.1 Å². The first kappa shape index (κ1) is 75.0. The molecule has 0 aromatic rings. The first-order valence-electron chi connectivity index (χ1n) is 32.5. The fourth-order valence-electron chi connectivity index (χ4n) is 8.48. The predicted octanol–water partition coefficient (Wildman–Crippen LogP) is 22.5. The third-order valence-corrected chi connectivity index (χ3v) is 13.3. The minimum Gasteiger partial charge on any atom is -0.462 e. The number of unbranched alkanes of at least 4 members (excludes halogenated alkanes) is 20. The van der Waals surface area contributed by atoms with Gasteiger partial charge in [0.25, 0.3) is 0 Å². The van der Waals surface area contributed by atoms with Crippen LogP contribution >= 0.6 is 0 Å². The highest BCUT2D eigenvalue weighted by molar-refractivity contribution is 5.71. The first-order valence-corrected chi connectivity index (χ1v) is 32.5. The summed E-state index contributed by atoms with van der Waals surface area (Å²) in [7, 11) is 0. The summed E-state index contributed by atoms with van der Waals surface area (Å²) < 4.78 is 16.9. The summed E-state index contributed by atoms with van der Waals surface area (Å²) in [5.74, 6) is -0.937. The van der Waals surface area contributed by atoms with Crippen LogP contribution in [0.4, 0.5) is 0 Å². The van der Waals surface area contributed by atoms with Gasteiger partial charge in [-0.3, -0.25) is 14.4 Å². The summed E-state index contributed by atoms with van der Waals surface area (Å²) >= 11 is 0. The Morgan fingerprint density at radius 2 is 0.487 bits per heavy atom. The molecule has 0 fully saturated rings. The van der Waals surface area contributed by atoms with Crippen LogP contribution in [0.25, 0.3) is 0 Å². The number of hydrogen-bond acceptors (Lipinski definition) is 6. The highest BCUT2D eigenvalue weighted by Gasteiger charge is 2.19. The van der Waals surface area contributed by atoms with Gasteiger partial charge in [-0.15, -0.1) is 0 Å². The van der Waals surface area contributed by atoms with Gasteiger partial charge in [-0.05, 0) is 128 Å². The van der Waals surface area contributed by atoms with E-state index in [9.17, 15) is 14.4 Å². The van der Waals surface area contributed by atoms with Gasteiger partial charge in [0.2, 0.25) is 0 Å². The molecule has 0 spiro atoms. The van der Waals surface area contributed by atoms with E-state index in [0.29, 0.717) is 19.3 Å². The van der Waals surface area contributed by atoms with Crippen molar-refractivity contribution < 1.29 is 28.6 Å². The van der Waals surface area contributed by atoms with E-state index in [0.717, 1.165) is 161 Å². The number of hydrogen-bond donors (Lipinski definition) is 0. The molecule has 1 unspecified atom stereocenters. The molecule has 1 atom stereocenters. The van der Waals surface area contributed by atoms with Crippen molar-refractivity contribution in [3.8, 4) is 0 Å². The molecule has 0 radical (unpaired) electrons. The summed E-state index contributed by atoms with van der Waals surface area (Å²) in [6.07, 6.45) is 96.8. The van der Waals surface area contributed by atoms with Crippen LogP contribution in [0.2, 0.25) is 0 Å². The lowest BCUT2D eigenvalue weighted by atomic mass is 10.1. The van der Waals surface area contributed by atoms with E-state index in [1.807, 2.05) is 0 Å². The van der Waals surface area contributed by atoms with Crippen LogP contribution in [-0.2, 0) is 28.6 Å². The molecule has 0 heterocycles. The second kappa shape index (κ2) is 66.5. The fraction of sp³-hybridized carbons (Fsp3) is 0.608. The molecule has 0 aliphatic rings. The number of carbonyl (C=O) groups is 3. The van der Waals surface area contributed by atoms with Gasteiger partial charge in [-0.25, -0.2) is 0 Å². The molecule has 0 N–H and O–H groups in total. The van der Waals surface area contributed by atoms with Gasteiger partial charge in [0.05, 0.1) is 0 Å². The normalized spacial score (nSPS) is 13.2. The highest BCUT2D eigenvalue weighted by Crippen LogP contribution is 2.15. The minimum atomic E-state index is -0.803. The average molecular weight is 1100 g/mol. The van der Waals surface area contributed by atoms with Crippen molar-refractivity contribution in [1.29, 1.82) is 0 Å². The number of ether oxygens (including phenoxy) is 3. The SMILES string of the molecule is CC/C=C\C/C=C\C/C=C\C/C=C\C/C=C\C/C=C\C/C=C\CCCCCCCCCC(=O)OCC(COC(=O)CCCCCCCCCCCC)OC(=O)CCCCCC/C=C\C/C=C\C/C=C\C/C=C\C/C=C\C/C=C\CC. The molecule has 0 bridgehead atoms. The van der Waals surface area contributed by atoms with Crippen molar-refractivity contribution in [3.63, 3.8) is 0 Å². The number of esters is 3. The Kier molecular flexibility index (Phi) is 62.4. The van der Waals surface area contributed by atoms with Gasteiger partial charge < -0.3 is 14.2 Å². The van der Waals surface area contributed by atoms with E-state index in [2.05, 4.69) is 179 Å². The van der Waals surface area contributed by atoms with Gasteiger partial charge in [-0.2, -0.15) is 0 Å². The van der Waals surface area contributed by atoms with Gasteiger partial charge in [0, 0.05) is 19.3 Å². The Balaban J connectivity index is 4.36. The smallest absolute Gasteiger partial charge is 0.306 e. The molecular formula is C74H118O6. The van der Waals surface area contributed by atoms with Crippen LogP contribution in [0.1, 0.15) is 271 Å². The lowest BCUT2D eigenvalue weighted by molar-refractivity contribution is -0.167. The van der Waals surface area contributed by atoms with Crippen LogP contribution in [0.15, 0.2) is 158 Å². The van der Waals surface area contributed by atoms with E-state index in [1.54, 1.807) is 0 Å². The number of carbonyl (C=O) groups excluding carboxylic acids is 3. The summed E-state index contributed by atoms with van der Waals surface area (Å²) in [6, 6.07) is 0. The maximum atomic E-state index is 12.9. The van der Waals surface area contributed by atoms with Gasteiger partial charge in [0.1, 0.15) is 13.2 Å². The maximum absolute atomic E-state index is 12.9. The van der Waals surface area contributed by atoms with Crippen molar-refractivity contribution >= 4 is 17.9 Å². The van der Waals surface area contributed by atoms with E-state index < -0.39 is 6.10 Å². The van der Waals surface area contributed by atoms with Gasteiger partial charge in [-0.1, -0.05) is 281 Å². The average Bonchev–Trinajstić information content (AvgIpc) is 3.46. The maximum Gasteiger partial charge on any atom is 0.306 e. The molecule has 0 saturated carbocycles. The predicted molar refractivity (Wildman–Crippen MR) is 348 cm³/mol. The standard InChI is InChI=1S/C74H118O6/c1-4-7-10-13-16-19-22-24-26-28-30-32-34-35-36-37-38-39-41-42-44-46-48-50-52-55-58-61-64-67-73(76)79-70-71(69-78-72(75)66-63-60-57-54-21-18-15-12-9-6-3)80-74(77)68-65-62-59-56-53-51-49-47-45-43-40-33-31-29-27-25-23-20-17-14-11-8-5-2/h7-8,10-11,16-17,19-20,24-27,30-33,35-36,38-39,42-45,49,51,71H,4-6,9,12-15,18,21-23,28-29,34,37,40-41,46-48,50,52-70H2,1-3H3/b10-7-,11-8-,19-16-,20-17-,26-24-,27-25-,32-30-,33-31-,36-35-,39-38-,44-42-,45-43-,51-49-. The molecule has 450 valence electrons. The van der Waals surface area contributed by atoms with Crippen LogP contribution in [0, 0.1) is 0 Å². The Bertz CT molecular complexity index is 1790. The van der Waals surface area contributed by atoms with E-state index in [1.165, 1.54) is 70.6 Å². The zero-order valence-corrected chi connectivity index (χ0v) is 51.5. The summed E-state index contributed by atoms with van der Waals surface area (Å²) in [4.78, 5) is 38.3. The van der Waals surface area contributed by atoms with Gasteiger partial charge in [0.15, 0.2) is 6.10 Å². The fourth-order valence-corrected chi connectivity index (χ4v) is 8.48. The number of rotatable bonds is 57. The molecule has 0 amide bonds. The van der Waals surface area contributed by atoms with E-state index >= 15 is 0 Å². The zero-order valence-electron chi connectivity index (χ0n) is 51.5. The molecule has 0 aliphatic carbocycles. The van der Waals surface area contributed by atoms with Crippen molar-refractivity contribution in [2.45, 2.75) is 277 Å². The molecule has 80 heavy (non-hydrogen) atoms. The minimum absolute atomic E-state index is 0.0964. The Morgan fingerprint density at radius 3 is 0.762 bits per heavy atom. The van der Waals surface area contributed by atoms with Crippen LogP contribution in [0.5, 0.6) is 0 Å². The lowest BCUT2D eigenvalue weighted by Crippen LogP contribution is -2.30. The second-order valence-corrected chi connectivity index (χ2v) is 20.9. The molecule has 0 aliphatic heterocycles. The molecule has 6 heteroatoms. The van der Waals surface area contributed by atoms with Crippen molar-refractivity contribution in [1.82, 2.24) is 0 Å². The van der Waals surface area contributed by atoms with Crippen molar-refractivity contribution in [2.24, 2.45) is 0 Å². The Hall–Kier alpha value is -4.97. The van der Waals surface area contributed by atoms with Crippen molar-refractivity contribution in [3.05, 3.63) is 158 Å². The lowest BCUT2D eigenvalue weighted by Gasteiger charge is -2.18. The first-order chi connectivity index (χ1) is 39.5. The summed E-state index contributed by atoms with van der Waals surface area (Å²) in [5, 5.41) is 0. The van der Waals surface area contributed by atoms with E-state index in [4.69, 9.17) is 14.2 Å². The molecular weight excluding hydrogens is 985 g/mol. The molecule has 0 rings (SSSR count). The van der Waals surface area contributed by atoms with Crippen LogP contribution in [0.3, 0.4) is 0 Å². The monoisotopic (exact) mass is 1100 g/mol. The van der Waals surface area contributed by atoms with Crippen LogP contribution < -0.4 is 0 Å². The highest BCUT2D eigenvalue weighted by atomic mass is 16.6. The quantitative estimate of drug-likeness (QED) is 0.0261. The van der Waals surface area contributed by atoms with Crippen LogP contribution in [-0.4, -0.2) is 37.2 Å². The Morgan fingerprint density at radius 1 is 0.263 bits per heavy atom. The van der Waals surface area contributed by atoms with Crippen molar-refractivity contribution in [2.75, 3.05) is 13.2 Å². The zero-order chi connectivity index (χ0) is 57.8. The molecule has 0 aromatic carbocycles. The molecule has 0 saturated heterocycles. The van der Waals surface area contributed by atoms with Gasteiger partial charge >= 0.3 is 17.9 Å². The third kappa shape index (κ3) is 63.9. The third-order valence-electron chi connectivity index (χ3n) is 13.3. The molecule has 0 aromatic heterocycles. The molecule has 6 nitrogen and oxygen atoms in total. The Labute approximate surface area is 492 Å². The largest absolute Gasteiger partial charge is 0.462 e. The topological polar surface area (TPSA) is 78.9 Å². The number of allylic oxidation sites excluding steroid dienone is 26. The second-order valence-electron chi connectivity index (χ2n) is 20.9.